The Balaban J connectivity index is -0.000000207. The van der Waals surface area contributed by atoms with Gasteiger partial charge in [0.15, 0.2) is 0 Å². The Morgan fingerprint density at radius 1 is 1.32 bits per heavy atom. The Kier molecular flexibility index (Phi) is 20.6. The van der Waals surface area contributed by atoms with Crippen LogP contribution >= 0.6 is 0 Å². The van der Waals surface area contributed by atoms with Crippen molar-refractivity contribution in [2.75, 3.05) is 0 Å². The molecule has 0 fully saturated rings. The number of hydrogen-bond donors (Lipinski definition) is 0. The van der Waals surface area contributed by atoms with Crippen molar-refractivity contribution in [2.24, 2.45) is 0 Å². The smallest absolute Gasteiger partial charge is 0.0158 e. The number of hydrogen-bond acceptors (Lipinski definition) is 0. The Morgan fingerprint density at radius 3 is 2.05 bits per heavy atom. The van der Waals surface area contributed by atoms with Gasteiger partial charge in [-0.15, -0.1) is 0 Å². The van der Waals surface area contributed by atoms with Crippen LogP contribution in [0, 0.1) is 13.0 Å². The number of allylic oxidation sites excluding steroid dienone is 8. The molecule has 3 heteroatoms. The van der Waals surface area contributed by atoms with Gasteiger partial charge in [0.25, 0.3) is 0 Å². The summed E-state index contributed by atoms with van der Waals surface area (Å²) in [6, 6.07) is 0. The van der Waals surface area contributed by atoms with E-state index < -0.39 is 0 Å². The fourth-order valence-corrected chi connectivity index (χ4v) is 1.42. The fourth-order valence-electron chi connectivity index (χ4n) is 1.42. The molecule has 0 heterocycles. The van der Waals surface area contributed by atoms with E-state index in [1.54, 1.807) is 0 Å². The first-order valence-corrected chi connectivity index (χ1v) is 6.89. The third-order valence-electron chi connectivity index (χ3n) is 2.29. The second-order valence-corrected chi connectivity index (χ2v) is 4.89. The molecule has 2 rings (SSSR count). The van der Waals surface area contributed by atoms with Crippen LogP contribution in [0.15, 0.2) is 41.0 Å². The summed E-state index contributed by atoms with van der Waals surface area (Å²) in [5, 5.41) is 0. The zero-order valence-electron chi connectivity index (χ0n) is 12.0. The van der Waals surface area contributed by atoms with Crippen LogP contribution in [0.5, 0.6) is 0 Å². The Hall–Kier alpha value is 0.124. The quantitative estimate of drug-likeness (QED) is 0.407. The number of rotatable bonds is 1. The summed E-state index contributed by atoms with van der Waals surface area (Å²) in [7, 11) is 0. The molecule has 0 atom stereocenters. The van der Waals surface area contributed by atoms with Crippen molar-refractivity contribution in [3.05, 3.63) is 54.0 Å². The van der Waals surface area contributed by atoms with Crippen molar-refractivity contribution in [1.82, 2.24) is 0 Å². The summed E-state index contributed by atoms with van der Waals surface area (Å²) in [5.41, 5.74) is 4.09. The molecule has 0 saturated carbocycles. The van der Waals surface area contributed by atoms with Gasteiger partial charge in [-0.05, 0) is 6.42 Å². The summed E-state index contributed by atoms with van der Waals surface area (Å²) in [6.07, 6.45) is 15.0. The monoisotopic (exact) mass is 332 g/mol. The van der Waals surface area contributed by atoms with E-state index in [1.165, 1.54) is 16.7 Å². The normalized spacial score (nSPS) is 14.3. The molecule has 106 valence electrons. The van der Waals surface area contributed by atoms with Gasteiger partial charge in [0.05, 0.1) is 0 Å². The minimum Gasteiger partial charge on any atom is -1.00 e. The second-order valence-electron chi connectivity index (χ2n) is 3.99. The third-order valence-corrected chi connectivity index (χ3v) is 2.29. The first-order chi connectivity index (χ1) is 8.13. The Morgan fingerprint density at radius 2 is 1.89 bits per heavy atom. The van der Waals surface area contributed by atoms with E-state index in [1.807, 2.05) is 31.2 Å². The van der Waals surface area contributed by atoms with Crippen LogP contribution < -0.4 is 24.8 Å². The standard InChI is InChI=1S/2C7H9.C2H4.2ClH.Ti/c1-6-3-4-7(2)5-6;1-2-7-5-3-4-6-7;1-2;;;/h3H,4H2,1-2H3;3-5H,1-2,6H2;1H,2H3;2*1H;/q2*-1;;;;+2/p-2. The maximum absolute atomic E-state index is 3.76. The molecule has 19 heavy (non-hydrogen) atoms. The predicted molar refractivity (Wildman–Crippen MR) is 74.4 cm³/mol. The average Bonchev–Trinajstić information content (AvgIpc) is 2.92. The first-order valence-electron chi connectivity index (χ1n) is 5.99. The van der Waals surface area contributed by atoms with E-state index in [9.17, 15) is 0 Å². The van der Waals surface area contributed by atoms with E-state index >= 15 is 0 Å². The summed E-state index contributed by atoms with van der Waals surface area (Å²) in [6.45, 7) is 9.94. The van der Waals surface area contributed by atoms with Gasteiger partial charge in [0.1, 0.15) is 0 Å². The van der Waals surface area contributed by atoms with Crippen LogP contribution in [0.1, 0.15) is 40.0 Å². The molecule has 0 aromatic carbocycles. The van der Waals surface area contributed by atoms with Crippen molar-refractivity contribution in [3.63, 3.8) is 0 Å². The molecular weight excluding hydrogens is 311 g/mol. The minimum absolute atomic E-state index is 0. The average molecular weight is 333 g/mol. The maximum atomic E-state index is 3.76. The van der Waals surface area contributed by atoms with E-state index in [0.29, 0.717) is 0 Å². The van der Waals surface area contributed by atoms with Crippen LogP contribution in [-0.2, 0) is 20.0 Å². The van der Waals surface area contributed by atoms with Crippen LogP contribution in [-0.4, -0.2) is 4.31 Å². The van der Waals surface area contributed by atoms with Gasteiger partial charge in [-0.3, -0.25) is 6.08 Å². The van der Waals surface area contributed by atoms with Crippen molar-refractivity contribution in [3.8, 4) is 0 Å². The molecule has 0 aromatic rings. The van der Waals surface area contributed by atoms with Crippen molar-refractivity contribution in [2.45, 2.75) is 40.0 Å². The molecule has 0 amide bonds. The van der Waals surface area contributed by atoms with Crippen molar-refractivity contribution in [1.29, 1.82) is 0 Å². The van der Waals surface area contributed by atoms with Crippen molar-refractivity contribution >= 4 is 4.31 Å². The maximum Gasteiger partial charge on any atom is -0.0158 e. The summed E-state index contributed by atoms with van der Waals surface area (Å²) in [4.78, 5) is 0. The van der Waals surface area contributed by atoms with E-state index in [-0.39, 0.29) is 24.8 Å². The van der Waals surface area contributed by atoms with E-state index in [4.69, 9.17) is 0 Å². The number of halogens is 2. The predicted octanol–water partition coefficient (Wildman–Crippen LogP) is -1.45. The third kappa shape index (κ3) is 14.3. The molecular formula is C16H22Cl2Ti-2. The largest absolute Gasteiger partial charge is 1.00 e. The topological polar surface area (TPSA) is 0 Å². The van der Waals surface area contributed by atoms with E-state index in [0.717, 1.165) is 19.3 Å². The van der Waals surface area contributed by atoms with E-state index in [2.05, 4.69) is 51.2 Å². The fraction of sp³-hybridized carbons (Fsp3) is 0.375. The molecule has 2 aliphatic carbocycles. The van der Waals surface area contributed by atoms with Gasteiger partial charge in [-0.2, -0.15) is 12.0 Å². The van der Waals surface area contributed by atoms with Crippen LogP contribution in [0.2, 0.25) is 0 Å². The zero-order chi connectivity index (χ0) is 13.1. The van der Waals surface area contributed by atoms with Gasteiger partial charge >= 0.3 is 31.2 Å². The van der Waals surface area contributed by atoms with Crippen LogP contribution in [0.25, 0.3) is 0 Å². The van der Waals surface area contributed by atoms with Gasteiger partial charge < -0.3 is 31.7 Å². The Labute approximate surface area is 142 Å². The molecule has 0 nitrogen and oxygen atoms in total. The summed E-state index contributed by atoms with van der Waals surface area (Å²) >= 11 is 2.00. The van der Waals surface area contributed by atoms with Gasteiger partial charge in [-0.1, -0.05) is 44.1 Å². The molecule has 0 bridgehead atoms. The molecule has 0 saturated heterocycles. The molecule has 0 aromatic heterocycles. The second kappa shape index (κ2) is 16.2. The SMILES string of the molecule is CC1=[C-]C(C)=CC1.C[CH]=[Ti+2].[CH2-]CC1=CC=CC1.[Cl-].[Cl-]. The molecule has 0 unspecified atom stereocenters. The van der Waals surface area contributed by atoms with Gasteiger partial charge in [-0.25, -0.2) is 11.6 Å². The first kappa shape index (κ1) is 24.2. The molecule has 0 N–H and O–H groups in total. The molecule has 0 aliphatic heterocycles. The zero-order valence-corrected chi connectivity index (χ0v) is 15.0. The molecule has 0 spiro atoms. The summed E-state index contributed by atoms with van der Waals surface area (Å²) < 4.78 is 2.00. The van der Waals surface area contributed by atoms with Crippen LogP contribution in [0.4, 0.5) is 0 Å². The van der Waals surface area contributed by atoms with Crippen molar-refractivity contribution < 1.29 is 44.8 Å². The molecule has 2 aliphatic rings. The minimum atomic E-state index is 0. The van der Waals surface area contributed by atoms with Crippen LogP contribution in [0.3, 0.4) is 0 Å². The Bertz CT molecular complexity index is 350. The van der Waals surface area contributed by atoms with Gasteiger partial charge in [0.2, 0.25) is 0 Å². The summed E-state index contributed by atoms with van der Waals surface area (Å²) in [5.74, 6) is 0. The van der Waals surface area contributed by atoms with Gasteiger partial charge in [0, 0.05) is 0 Å². The molecule has 0 radical (unpaired) electrons.